The van der Waals surface area contributed by atoms with Crippen molar-refractivity contribution in [3.05, 3.63) is 54.1 Å². The normalized spacial score (nSPS) is 24.8. The number of fused-ring (bicyclic) bond motifs is 3. The molecule has 2 saturated heterocycles. The number of hydrogen-bond acceptors (Lipinski definition) is 8. The molecular formula is C26H27ClN6O4. The zero-order chi connectivity index (χ0) is 25.7. The molecule has 5 heterocycles. The van der Waals surface area contributed by atoms with Gasteiger partial charge < -0.3 is 28.4 Å². The first-order chi connectivity index (χ1) is 17.8. The van der Waals surface area contributed by atoms with Crippen molar-refractivity contribution in [2.24, 2.45) is 4.99 Å². The van der Waals surface area contributed by atoms with E-state index in [4.69, 9.17) is 30.5 Å². The van der Waals surface area contributed by atoms with E-state index in [1.807, 2.05) is 73.9 Å². The highest BCUT2D eigenvalue weighted by molar-refractivity contribution is 6.36. The lowest BCUT2D eigenvalue weighted by Crippen LogP contribution is -2.34. The number of aliphatic imine (C=N–C) groups is 1. The van der Waals surface area contributed by atoms with Crippen molar-refractivity contribution in [3.63, 3.8) is 0 Å². The summed E-state index contributed by atoms with van der Waals surface area (Å²) in [6, 6.07) is 9.55. The van der Waals surface area contributed by atoms with E-state index in [1.54, 1.807) is 12.5 Å². The van der Waals surface area contributed by atoms with Crippen LogP contribution in [0.25, 0.3) is 21.9 Å². The second kappa shape index (κ2) is 9.21. The van der Waals surface area contributed by atoms with Crippen molar-refractivity contribution >= 4 is 45.7 Å². The van der Waals surface area contributed by atoms with Crippen LogP contribution in [0.4, 0.5) is 5.82 Å². The molecule has 2 aliphatic rings. The van der Waals surface area contributed by atoms with Crippen molar-refractivity contribution in [3.8, 4) is 5.75 Å². The van der Waals surface area contributed by atoms with Gasteiger partial charge in [0.15, 0.2) is 17.8 Å². The van der Waals surface area contributed by atoms with E-state index >= 15 is 0 Å². The average molecular weight is 523 g/mol. The van der Waals surface area contributed by atoms with E-state index in [-0.39, 0.29) is 18.8 Å². The number of ether oxygens (including phenoxy) is 4. The second-order valence-corrected chi connectivity index (χ2v) is 10.1. The Morgan fingerprint density at radius 1 is 1.14 bits per heavy atom. The molecule has 37 heavy (non-hydrogen) atoms. The Morgan fingerprint density at radius 2 is 1.97 bits per heavy atom. The van der Waals surface area contributed by atoms with Crippen LogP contribution in [0.1, 0.15) is 20.1 Å². The molecule has 4 aromatic rings. The molecule has 11 heteroatoms. The fourth-order valence-electron chi connectivity index (χ4n) is 4.83. The first-order valence-corrected chi connectivity index (χ1v) is 12.4. The summed E-state index contributed by atoms with van der Waals surface area (Å²) in [5.41, 5.74) is 1.39. The Bertz CT molecular complexity index is 1490. The van der Waals surface area contributed by atoms with Gasteiger partial charge in [-0.2, -0.15) is 0 Å². The molecule has 192 valence electrons. The van der Waals surface area contributed by atoms with Crippen molar-refractivity contribution < 1.29 is 18.9 Å². The summed E-state index contributed by atoms with van der Waals surface area (Å²) < 4.78 is 27.1. The SMILES string of the molecule is CN(C)C=Nc1ncnc2c1ccn2[C@@H]1O[C@H](COc2ccc3cccnc3c2Cl)[C@H]2OC(C)(C)O[C@H]21. The van der Waals surface area contributed by atoms with Gasteiger partial charge in [0.2, 0.25) is 0 Å². The van der Waals surface area contributed by atoms with Crippen LogP contribution in [0.5, 0.6) is 5.75 Å². The summed E-state index contributed by atoms with van der Waals surface area (Å²) in [6.07, 6.45) is 5.24. The van der Waals surface area contributed by atoms with Gasteiger partial charge in [-0.15, -0.1) is 0 Å². The van der Waals surface area contributed by atoms with Crippen LogP contribution in [0.3, 0.4) is 0 Å². The van der Waals surface area contributed by atoms with E-state index in [1.165, 1.54) is 6.33 Å². The Balaban J connectivity index is 1.29. The zero-order valence-corrected chi connectivity index (χ0v) is 21.7. The molecule has 0 bridgehead atoms. The maximum absolute atomic E-state index is 6.60. The van der Waals surface area contributed by atoms with Gasteiger partial charge in [0.25, 0.3) is 0 Å². The quantitative estimate of drug-likeness (QED) is 0.272. The molecule has 0 spiro atoms. The van der Waals surface area contributed by atoms with Gasteiger partial charge in [-0.3, -0.25) is 4.98 Å². The Morgan fingerprint density at radius 3 is 2.81 bits per heavy atom. The van der Waals surface area contributed by atoms with Crippen LogP contribution in [0.15, 0.2) is 54.0 Å². The summed E-state index contributed by atoms with van der Waals surface area (Å²) in [6.45, 7) is 4.02. The van der Waals surface area contributed by atoms with Crippen LogP contribution in [-0.2, 0) is 14.2 Å². The second-order valence-electron chi connectivity index (χ2n) is 9.76. The standard InChI is InChI=1S/C26H27ClN6O4/c1-26(2)36-21-18(12-34-17-8-7-15-6-5-10-28-20(15)19(17)27)35-25(22(21)37-26)33-11-9-16-23(31-14-32(3)4)29-13-30-24(16)33/h5-11,13-14,18,21-22,25H,12H2,1-4H3/t18-,21-,22-,25-/m1/s1. The predicted octanol–water partition coefficient (Wildman–Crippen LogP) is 4.35. The predicted molar refractivity (Wildman–Crippen MR) is 139 cm³/mol. The van der Waals surface area contributed by atoms with Gasteiger partial charge in [-0.1, -0.05) is 17.7 Å². The third-order valence-corrected chi connectivity index (χ3v) is 6.74. The summed E-state index contributed by atoms with van der Waals surface area (Å²) in [5.74, 6) is 0.353. The minimum Gasteiger partial charge on any atom is -0.489 e. The number of halogens is 1. The number of benzene rings is 1. The number of aromatic nitrogens is 4. The van der Waals surface area contributed by atoms with E-state index in [2.05, 4.69) is 19.9 Å². The molecule has 0 radical (unpaired) electrons. The van der Waals surface area contributed by atoms with Gasteiger partial charge in [-0.25, -0.2) is 15.0 Å². The van der Waals surface area contributed by atoms with Crippen molar-refractivity contribution in [1.29, 1.82) is 0 Å². The smallest absolute Gasteiger partial charge is 0.166 e. The molecule has 0 aliphatic carbocycles. The number of rotatable bonds is 6. The molecule has 4 atom stereocenters. The minimum atomic E-state index is -0.765. The molecule has 3 aromatic heterocycles. The Labute approximate surface area is 218 Å². The first-order valence-electron chi connectivity index (χ1n) is 12.0. The Kier molecular flexibility index (Phi) is 5.99. The zero-order valence-electron chi connectivity index (χ0n) is 20.9. The third-order valence-electron chi connectivity index (χ3n) is 6.38. The van der Waals surface area contributed by atoms with Crippen LogP contribution < -0.4 is 4.74 Å². The molecule has 2 aliphatic heterocycles. The van der Waals surface area contributed by atoms with E-state index in [0.29, 0.717) is 27.8 Å². The highest BCUT2D eigenvalue weighted by Gasteiger charge is 2.56. The highest BCUT2D eigenvalue weighted by Crippen LogP contribution is 2.44. The Hall–Kier alpha value is -3.31. The lowest BCUT2D eigenvalue weighted by atomic mass is 10.1. The molecule has 6 rings (SSSR count). The van der Waals surface area contributed by atoms with Gasteiger partial charge in [0.1, 0.15) is 47.7 Å². The summed E-state index contributed by atoms with van der Waals surface area (Å²) in [5, 5.41) is 2.23. The number of hydrogen-bond donors (Lipinski definition) is 0. The molecule has 0 unspecified atom stereocenters. The van der Waals surface area contributed by atoms with Crippen molar-refractivity contribution in [1.82, 2.24) is 24.4 Å². The van der Waals surface area contributed by atoms with Crippen molar-refractivity contribution in [2.45, 2.75) is 44.2 Å². The topological polar surface area (TPSA) is 96.1 Å². The van der Waals surface area contributed by atoms with E-state index in [0.717, 1.165) is 10.8 Å². The highest BCUT2D eigenvalue weighted by atomic mass is 35.5. The van der Waals surface area contributed by atoms with Crippen LogP contribution in [-0.4, -0.2) is 75.6 Å². The maximum Gasteiger partial charge on any atom is 0.166 e. The summed E-state index contributed by atoms with van der Waals surface area (Å²) in [7, 11) is 3.81. The van der Waals surface area contributed by atoms with Gasteiger partial charge in [-0.05, 0) is 38.1 Å². The maximum atomic E-state index is 6.60. The minimum absolute atomic E-state index is 0.224. The fraction of sp³-hybridized carbons (Fsp3) is 0.385. The lowest BCUT2D eigenvalue weighted by molar-refractivity contribution is -0.198. The molecule has 0 amide bonds. The van der Waals surface area contributed by atoms with Crippen LogP contribution >= 0.6 is 11.6 Å². The van der Waals surface area contributed by atoms with Crippen molar-refractivity contribution in [2.75, 3.05) is 20.7 Å². The first kappa shape index (κ1) is 24.1. The van der Waals surface area contributed by atoms with E-state index < -0.39 is 18.1 Å². The molecular weight excluding hydrogens is 496 g/mol. The lowest BCUT2D eigenvalue weighted by Gasteiger charge is -2.25. The van der Waals surface area contributed by atoms with Gasteiger partial charge >= 0.3 is 0 Å². The monoisotopic (exact) mass is 522 g/mol. The molecule has 10 nitrogen and oxygen atoms in total. The number of pyridine rings is 1. The molecule has 2 fully saturated rings. The van der Waals surface area contributed by atoms with E-state index in [9.17, 15) is 0 Å². The number of nitrogens with zero attached hydrogens (tertiary/aromatic N) is 6. The van der Waals surface area contributed by atoms with Crippen LogP contribution in [0, 0.1) is 0 Å². The van der Waals surface area contributed by atoms with Gasteiger partial charge in [0, 0.05) is 31.9 Å². The average Bonchev–Trinajstić information content (AvgIpc) is 3.53. The fourth-order valence-corrected chi connectivity index (χ4v) is 5.10. The summed E-state index contributed by atoms with van der Waals surface area (Å²) in [4.78, 5) is 19.6. The summed E-state index contributed by atoms with van der Waals surface area (Å²) >= 11 is 6.60. The molecule has 0 N–H and O–H groups in total. The van der Waals surface area contributed by atoms with Crippen LogP contribution in [0.2, 0.25) is 5.02 Å². The largest absolute Gasteiger partial charge is 0.489 e. The van der Waals surface area contributed by atoms with Gasteiger partial charge in [0.05, 0.1) is 17.2 Å². The third kappa shape index (κ3) is 4.40. The molecule has 0 saturated carbocycles. The molecule has 1 aromatic carbocycles.